The second kappa shape index (κ2) is 7.58. The number of allylic oxidation sites excluding steroid dienone is 2. The minimum absolute atomic E-state index is 0.926. The van der Waals surface area contributed by atoms with Gasteiger partial charge in [0.05, 0.1) is 13.2 Å². The Bertz CT molecular complexity index is 304. The fourth-order valence-corrected chi connectivity index (χ4v) is 3.89. The maximum atomic E-state index is 5.44. The van der Waals surface area contributed by atoms with Crippen LogP contribution in [0.3, 0.4) is 0 Å². The molecule has 114 valence electrons. The zero-order valence-corrected chi connectivity index (χ0v) is 12.8. The Morgan fingerprint density at radius 3 is 2.20 bits per heavy atom. The van der Waals surface area contributed by atoms with Crippen LogP contribution in [0.15, 0.2) is 12.2 Å². The summed E-state index contributed by atoms with van der Waals surface area (Å²) in [5.74, 6) is 1.85. The van der Waals surface area contributed by atoms with Crippen molar-refractivity contribution in [2.24, 2.45) is 11.8 Å². The molecule has 0 aromatic heterocycles. The van der Waals surface area contributed by atoms with E-state index in [-0.39, 0.29) is 0 Å². The van der Waals surface area contributed by atoms with Gasteiger partial charge in [0.2, 0.25) is 0 Å². The average Bonchev–Trinajstić information content (AvgIpc) is 2.51. The first kappa shape index (κ1) is 14.6. The van der Waals surface area contributed by atoms with E-state index in [0.29, 0.717) is 0 Å². The highest BCUT2D eigenvalue weighted by Gasteiger charge is 2.24. The monoisotopic (exact) mass is 278 g/mol. The predicted octanol–water partition coefficient (Wildman–Crippen LogP) is 2.39. The minimum atomic E-state index is 0.926. The van der Waals surface area contributed by atoms with Crippen LogP contribution in [0.2, 0.25) is 0 Å². The van der Waals surface area contributed by atoms with E-state index in [9.17, 15) is 0 Å². The highest BCUT2D eigenvalue weighted by atomic mass is 16.5. The molecule has 0 bridgehead atoms. The summed E-state index contributed by atoms with van der Waals surface area (Å²) < 4.78 is 5.44. The molecular weight excluding hydrogens is 248 g/mol. The lowest BCUT2D eigenvalue weighted by molar-refractivity contribution is 0.0238. The number of morpholine rings is 1. The SMILES string of the molecule is C1=CC[C@@H](CN2CCC(CN3CCOCC3)CC2)CC1. The summed E-state index contributed by atoms with van der Waals surface area (Å²) in [7, 11) is 0. The number of piperidine rings is 1. The van der Waals surface area contributed by atoms with E-state index in [1.807, 2.05) is 0 Å². The third kappa shape index (κ3) is 4.31. The van der Waals surface area contributed by atoms with Gasteiger partial charge in [-0.2, -0.15) is 0 Å². The van der Waals surface area contributed by atoms with Crippen LogP contribution in [0.4, 0.5) is 0 Å². The van der Waals surface area contributed by atoms with Gasteiger partial charge in [-0.1, -0.05) is 12.2 Å². The molecule has 0 aromatic carbocycles. The van der Waals surface area contributed by atoms with Gasteiger partial charge in [0, 0.05) is 26.2 Å². The van der Waals surface area contributed by atoms with Crippen molar-refractivity contribution < 1.29 is 4.74 Å². The molecule has 3 rings (SSSR count). The van der Waals surface area contributed by atoms with E-state index in [1.54, 1.807) is 0 Å². The van der Waals surface area contributed by atoms with Gasteiger partial charge in [0.1, 0.15) is 0 Å². The molecule has 2 saturated heterocycles. The minimum Gasteiger partial charge on any atom is -0.379 e. The van der Waals surface area contributed by atoms with E-state index in [0.717, 1.165) is 38.1 Å². The average molecular weight is 278 g/mol. The van der Waals surface area contributed by atoms with Crippen molar-refractivity contribution in [3.05, 3.63) is 12.2 Å². The predicted molar refractivity (Wildman–Crippen MR) is 82.9 cm³/mol. The van der Waals surface area contributed by atoms with E-state index in [1.165, 1.54) is 58.3 Å². The number of hydrogen-bond acceptors (Lipinski definition) is 3. The van der Waals surface area contributed by atoms with Crippen LogP contribution < -0.4 is 0 Å². The zero-order chi connectivity index (χ0) is 13.6. The Morgan fingerprint density at radius 2 is 1.50 bits per heavy atom. The van der Waals surface area contributed by atoms with E-state index >= 15 is 0 Å². The van der Waals surface area contributed by atoms with Gasteiger partial charge in [0.25, 0.3) is 0 Å². The maximum Gasteiger partial charge on any atom is 0.0594 e. The Hall–Kier alpha value is -0.380. The van der Waals surface area contributed by atoms with Gasteiger partial charge in [-0.05, 0) is 57.0 Å². The molecule has 0 unspecified atom stereocenters. The third-order valence-electron chi connectivity index (χ3n) is 5.22. The molecule has 2 heterocycles. The highest BCUT2D eigenvalue weighted by molar-refractivity contribution is 4.91. The van der Waals surface area contributed by atoms with Crippen molar-refractivity contribution in [2.75, 3.05) is 52.5 Å². The van der Waals surface area contributed by atoms with Crippen LogP contribution in [0, 0.1) is 11.8 Å². The van der Waals surface area contributed by atoms with Crippen LogP contribution in [-0.2, 0) is 4.74 Å². The molecule has 0 spiro atoms. The van der Waals surface area contributed by atoms with Crippen molar-refractivity contribution in [1.29, 1.82) is 0 Å². The van der Waals surface area contributed by atoms with E-state index < -0.39 is 0 Å². The summed E-state index contributed by atoms with van der Waals surface area (Å²) in [6, 6.07) is 0. The van der Waals surface area contributed by atoms with Crippen molar-refractivity contribution in [2.45, 2.75) is 32.1 Å². The second-order valence-corrected chi connectivity index (χ2v) is 6.81. The van der Waals surface area contributed by atoms with E-state index in [4.69, 9.17) is 4.74 Å². The quantitative estimate of drug-likeness (QED) is 0.734. The number of rotatable bonds is 4. The molecule has 3 aliphatic rings. The first-order valence-corrected chi connectivity index (χ1v) is 8.57. The van der Waals surface area contributed by atoms with E-state index in [2.05, 4.69) is 22.0 Å². The molecule has 2 fully saturated rings. The van der Waals surface area contributed by atoms with Crippen molar-refractivity contribution in [3.8, 4) is 0 Å². The van der Waals surface area contributed by atoms with Gasteiger partial charge in [-0.15, -0.1) is 0 Å². The summed E-state index contributed by atoms with van der Waals surface area (Å²) in [5, 5.41) is 0. The molecule has 1 atom stereocenters. The lowest BCUT2D eigenvalue weighted by Crippen LogP contribution is -2.43. The number of hydrogen-bond donors (Lipinski definition) is 0. The zero-order valence-electron chi connectivity index (χ0n) is 12.8. The smallest absolute Gasteiger partial charge is 0.0594 e. The fraction of sp³-hybridized carbons (Fsp3) is 0.882. The largest absolute Gasteiger partial charge is 0.379 e. The molecule has 20 heavy (non-hydrogen) atoms. The summed E-state index contributed by atoms with van der Waals surface area (Å²) in [6.45, 7) is 9.48. The molecule has 0 saturated carbocycles. The van der Waals surface area contributed by atoms with Crippen LogP contribution in [0.1, 0.15) is 32.1 Å². The molecule has 0 N–H and O–H groups in total. The molecule has 2 aliphatic heterocycles. The standard InChI is InChI=1S/C17H30N2O/c1-2-4-16(5-3-1)14-18-8-6-17(7-9-18)15-19-10-12-20-13-11-19/h1-2,16-17H,3-15H2/t16-/m1/s1. The summed E-state index contributed by atoms with van der Waals surface area (Å²) in [5.41, 5.74) is 0. The summed E-state index contributed by atoms with van der Waals surface area (Å²) in [6.07, 6.45) is 11.6. The summed E-state index contributed by atoms with van der Waals surface area (Å²) >= 11 is 0. The van der Waals surface area contributed by atoms with Crippen molar-refractivity contribution in [3.63, 3.8) is 0 Å². The Labute approximate surface area is 124 Å². The second-order valence-electron chi connectivity index (χ2n) is 6.81. The molecule has 3 heteroatoms. The number of nitrogens with zero attached hydrogens (tertiary/aromatic N) is 2. The van der Waals surface area contributed by atoms with Crippen molar-refractivity contribution in [1.82, 2.24) is 9.80 Å². The molecule has 0 amide bonds. The van der Waals surface area contributed by atoms with Gasteiger partial charge < -0.3 is 9.64 Å². The molecule has 3 nitrogen and oxygen atoms in total. The molecule has 1 aliphatic carbocycles. The van der Waals surface area contributed by atoms with Crippen LogP contribution in [-0.4, -0.2) is 62.3 Å². The Kier molecular flexibility index (Phi) is 5.51. The molecule has 0 radical (unpaired) electrons. The van der Waals surface area contributed by atoms with Crippen molar-refractivity contribution >= 4 is 0 Å². The molecular formula is C17H30N2O. The van der Waals surface area contributed by atoms with Gasteiger partial charge in [0.15, 0.2) is 0 Å². The number of ether oxygens (including phenoxy) is 1. The van der Waals surface area contributed by atoms with Gasteiger partial charge >= 0.3 is 0 Å². The maximum absolute atomic E-state index is 5.44. The first-order chi connectivity index (χ1) is 9.90. The number of likely N-dealkylation sites (tertiary alicyclic amines) is 1. The van der Waals surface area contributed by atoms with Crippen LogP contribution in [0.25, 0.3) is 0 Å². The Morgan fingerprint density at radius 1 is 0.800 bits per heavy atom. The third-order valence-corrected chi connectivity index (χ3v) is 5.22. The van der Waals surface area contributed by atoms with Crippen LogP contribution in [0.5, 0.6) is 0 Å². The lowest BCUT2D eigenvalue weighted by Gasteiger charge is -2.37. The van der Waals surface area contributed by atoms with Crippen LogP contribution >= 0.6 is 0 Å². The lowest BCUT2D eigenvalue weighted by atomic mass is 9.91. The molecule has 0 aromatic rings. The fourth-order valence-electron chi connectivity index (χ4n) is 3.89. The summed E-state index contributed by atoms with van der Waals surface area (Å²) in [4.78, 5) is 5.33. The van der Waals surface area contributed by atoms with Gasteiger partial charge in [-0.25, -0.2) is 0 Å². The normalized spacial score (nSPS) is 30.7. The first-order valence-electron chi connectivity index (χ1n) is 8.57. The topological polar surface area (TPSA) is 15.7 Å². The Balaban J connectivity index is 1.35. The highest BCUT2D eigenvalue weighted by Crippen LogP contribution is 2.23. The van der Waals surface area contributed by atoms with Gasteiger partial charge in [-0.3, -0.25) is 4.90 Å².